The zero-order chi connectivity index (χ0) is 40.0. The van der Waals surface area contributed by atoms with Gasteiger partial charge in [0.1, 0.15) is 12.2 Å². The number of amides is 1. The number of rotatable bonds is 38. The number of unbranched alkanes of at least 4 members (excludes halogenated alkanes) is 16. The Bertz CT molecular complexity index is 824. The Hall–Kier alpha value is -0.930. The maximum absolute atomic E-state index is 13.5. The normalized spacial score (nSPS) is 13.5. The van der Waals surface area contributed by atoms with Gasteiger partial charge in [-0.1, -0.05) is 142 Å². The van der Waals surface area contributed by atoms with Gasteiger partial charge in [-0.15, -0.1) is 0 Å². The van der Waals surface area contributed by atoms with Crippen LogP contribution in [-0.2, 0) is 19.1 Å². The number of carbonyl (C=O) groups excluding carboxylic acids is 3. The van der Waals surface area contributed by atoms with Crippen LogP contribution in [0.4, 0.5) is 4.79 Å². The Morgan fingerprint density at radius 1 is 0.545 bits per heavy atom. The summed E-state index contributed by atoms with van der Waals surface area (Å²) in [5.74, 6) is 2.92. The number of ether oxygens (including phenoxy) is 2. The fourth-order valence-corrected chi connectivity index (χ4v) is 9.19. The third-order valence-electron chi connectivity index (χ3n) is 10.9. The van der Waals surface area contributed by atoms with Crippen molar-refractivity contribution >= 4 is 40.7 Å². The number of hydrogen-bond acceptors (Lipinski definition) is 8. The zero-order valence-corrected chi connectivity index (χ0v) is 38.2. The highest BCUT2D eigenvalue weighted by Crippen LogP contribution is 2.20. The van der Waals surface area contributed by atoms with Crippen LogP contribution >= 0.6 is 23.5 Å². The molecule has 0 bridgehead atoms. The average Bonchev–Trinajstić information content (AvgIpc) is 3.18. The van der Waals surface area contributed by atoms with Crippen LogP contribution in [0, 0.1) is 0 Å². The van der Waals surface area contributed by atoms with Crippen LogP contribution in [0.25, 0.3) is 0 Å². The summed E-state index contributed by atoms with van der Waals surface area (Å²) in [5, 5.41) is 0.0602. The summed E-state index contributed by atoms with van der Waals surface area (Å²) in [6.45, 7) is 13.3. The first-order chi connectivity index (χ1) is 26.9. The third kappa shape index (κ3) is 31.7. The lowest BCUT2D eigenvalue weighted by Gasteiger charge is -2.26. The summed E-state index contributed by atoms with van der Waals surface area (Å²) in [6.07, 6.45) is 30.9. The fraction of sp³-hybridized carbons (Fsp3) is 0.935. The Morgan fingerprint density at radius 3 is 1.31 bits per heavy atom. The van der Waals surface area contributed by atoms with Gasteiger partial charge < -0.3 is 19.3 Å². The van der Waals surface area contributed by atoms with Crippen molar-refractivity contribution in [2.24, 2.45) is 0 Å². The molecule has 1 saturated heterocycles. The van der Waals surface area contributed by atoms with Crippen LogP contribution in [0.3, 0.4) is 0 Å². The van der Waals surface area contributed by atoms with Gasteiger partial charge in [-0.25, -0.2) is 0 Å². The average molecular weight is 813 g/mol. The largest absolute Gasteiger partial charge is 0.462 e. The quantitative estimate of drug-likeness (QED) is 0.0451. The lowest BCUT2D eigenvalue weighted by atomic mass is 10.0. The minimum absolute atomic E-state index is 0.00469. The molecule has 55 heavy (non-hydrogen) atoms. The highest BCUT2D eigenvalue weighted by atomic mass is 32.2. The van der Waals surface area contributed by atoms with Crippen LogP contribution in [0.2, 0.25) is 0 Å². The second-order valence-electron chi connectivity index (χ2n) is 16.2. The monoisotopic (exact) mass is 813 g/mol. The van der Waals surface area contributed by atoms with E-state index in [1.54, 1.807) is 0 Å². The molecule has 1 fully saturated rings. The van der Waals surface area contributed by atoms with Gasteiger partial charge in [0.05, 0.1) is 0 Å². The van der Waals surface area contributed by atoms with Gasteiger partial charge in [0, 0.05) is 56.3 Å². The number of hydrogen-bond donors (Lipinski definition) is 0. The number of nitrogens with zero attached hydrogens (tertiary/aromatic N) is 2. The molecule has 0 aromatic heterocycles. The molecular formula is C46H88N2O5S2. The molecule has 7 nitrogen and oxygen atoms in total. The van der Waals surface area contributed by atoms with Crippen molar-refractivity contribution in [1.29, 1.82) is 0 Å². The van der Waals surface area contributed by atoms with E-state index in [1.807, 2.05) is 16.7 Å². The minimum atomic E-state index is -0.133. The number of carbonyl (C=O) groups is 3. The first kappa shape index (κ1) is 52.1. The van der Waals surface area contributed by atoms with E-state index < -0.39 is 0 Å². The highest BCUT2D eigenvalue weighted by molar-refractivity contribution is 8.13. The SMILES string of the molecule is CCCCCCCC(CCCCCCC)OC(=O)CCCN(CCCC(=O)OC(CCCCCCC)CCCCCCC)C(=O)SCCCN1CCSCC1. The zero-order valence-electron chi connectivity index (χ0n) is 36.6. The third-order valence-corrected chi connectivity index (χ3v) is 12.9. The van der Waals surface area contributed by atoms with Gasteiger partial charge in [0.2, 0.25) is 0 Å². The molecule has 0 aromatic rings. The molecule has 0 N–H and O–H groups in total. The molecule has 1 aliphatic rings. The van der Waals surface area contributed by atoms with Crippen molar-refractivity contribution < 1.29 is 23.9 Å². The minimum Gasteiger partial charge on any atom is -0.462 e. The maximum atomic E-state index is 13.5. The van der Waals surface area contributed by atoms with Crippen molar-refractivity contribution in [1.82, 2.24) is 9.80 Å². The molecule has 0 aromatic carbocycles. The molecule has 1 aliphatic heterocycles. The summed E-state index contributed by atoms with van der Waals surface area (Å²) in [5.41, 5.74) is 0. The summed E-state index contributed by atoms with van der Waals surface area (Å²) >= 11 is 3.41. The lowest BCUT2D eigenvalue weighted by molar-refractivity contribution is -0.150. The summed E-state index contributed by atoms with van der Waals surface area (Å²) < 4.78 is 12.1. The van der Waals surface area contributed by atoms with Crippen LogP contribution in [-0.4, -0.2) is 89.2 Å². The molecule has 0 aliphatic carbocycles. The van der Waals surface area contributed by atoms with E-state index in [-0.39, 0.29) is 29.4 Å². The van der Waals surface area contributed by atoms with E-state index in [9.17, 15) is 14.4 Å². The number of thioether (sulfide) groups is 2. The smallest absolute Gasteiger partial charge is 0.306 e. The van der Waals surface area contributed by atoms with Crippen molar-refractivity contribution in [2.75, 3.05) is 50.0 Å². The van der Waals surface area contributed by atoms with Crippen LogP contribution in [0.5, 0.6) is 0 Å². The molecule has 1 heterocycles. The Kier molecular flexibility index (Phi) is 36.5. The molecule has 9 heteroatoms. The highest BCUT2D eigenvalue weighted by Gasteiger charge is 2.20. The first-order valence-electron chi connectivity index (χ1n) is 23.5. The Morgan fingerprint density at radius 2 is 0.927 bits per heavy atom. The van der Waals surface area contributed by atoms with E-state index >= 15 is 0 Å². The van der Waals surface area contributed by atoms with Gasteiger partial charge in [-0.05, 0) is 77.2 Å². The lowest BCUT2D eigenvalue weighted by Crippen LogP contribution is -2.34. The second kappa shape index (κ2) is 38.6. The second-order valence-corrected chi connectivity index (χ2v) is 18.4. The van der Waals surface area contributed by atoms with Gasteiger partial charge in [-0.3, -0.25) is 14.4 Å². The molecule has 0 saturated carbocycles. The van der Waals surface area contributed by atoms with Crippen LogP contribution in [0.1, 0.15) is 214 Å². The predicted octanol–water partition coefficient (Wildman–Crippen LogP) is 13.4. The van der Waals surface area contributed by atoms with Crippen LogP contribution < -0.4 is 0 Å². The number of esters is 2. The Labute approximate surface area is 349 Å². The van der Waals surface area contributed by atoms with Crippen molar-refractivity contribution in [2.45, 2.75) is 226 Å². The molecule has 1 rings (SSSR count). The summed E-state index contributed by atoms with van der Waals surface area (Å²) in [4.78, 5) is 44.1. The molecular weight excluding hydrogens is 725 g/mol. The topological polar surface area (TPSA) is 76.1 Å². The van der Waals surface area contributed by atoms with Gasteiger partial charge in [0.25, 0.3) is 5.24 Å². The molecule has 0 unspecified atom stereocenters. The van der Waals surface area contributed by atoms with Gasteiger partial charge in [0.15, 0.2) is 0 Å². The molecule has 0 radical (unpaired) electrons. The predicted molar refractivity (Wildman–Crippen MR) is 240 cm³/mol. The van der Waals surface area contributed by atoms with Gasteiger partial charge >= 0.3 is 11.9 Å². The standard InChI is InChI=1S/C46H88N2O5S2/c1-5-9-13-17-21-28-42(29-22-18-14-10-6-2)52-44(49)32-25-35-48(46(51)55-39-27-34-47-37-40-54-41-38-47)36-26-33-45(50)53-43(30-23-19-15-11-7-3)31-24-20-16-12-8-4/h42-43H,5-41H2,1-4H3. The van der Waals surface area contributed by atoms with Gasteiger partial charge in [-0.2, -0.15) is 11.8 Å². The fourth-order valence-electron chi connectivity index (χ4n) is 7.40. The van der Waals surface area contributed by atoms with Crippen LogP contribution in [0.15, 0.2) is 0 Å². The van der Waals surface area contributed by atoms with E-state index in [2.05, 4.69) is 32.6 Å². The summed E-state index contributed by atoms with van der Waals surface area (Å²) in [7, 11) is 0. The maximum Gasteiger partial charge on any atom is 0.306 e. The summed E-state index contributed by atoms with van der Waals surface area (Å²) in [6, 6.07) is 0. The van der Waals surface area contributed by atoms with E-state index in [1.165, 1.54) is 126 Å². The molecule has 1 amide bonds. The Balaban J connectivity index is 2.70. The van der Waals surface area contributed by atoms with E-state index in [4.69, 9.17) is 9.47 Å². The van der Waals surface area contributed by atoms with Crippen molar-refractivity contribution in [3.8, 4) is 0 Å². The van der Waals surface area contributed by atoms with Crippen molar-refractivity contribution in [3.05, 3.63) is 0 Å². The first-order valence-corrected chi connectivity index (χ1v) is 25.7. The molecule has 0 spiro atoms. The molecule has 324 valence electrons. The van der Waals surface area contributed by atoms with E-state index in [0.717, 1.165) is 83.2 Å². The molecule has 0 atom stereocenters. The van der Waals surface area contributed by atoms with Crippen molar-refractivity contribution in [3.63, 3.8) is 0 Å². The van der Waals surface area contributed by atoms with E-state index in [0.29, 0.717) is 38.8 Å².